The Morgan fingerprint density at radius 2 is 1.13 bits per heavy atom. The summed E-state index contributed by atoms with van der Waals surface area (Å²) in [6.45, 7) is 27.9. The van der Waals surface area contributed by atoms with Crippen molar-refractivity contribution in [2.75, 3.05) is 6.61 Å². The summed E-state index contributed by atoms with van der Waals surface area (Å²) in [6.07, 6.45) is 8.26. The average Bonchev–Trinajstić information content (AvgIpc) is 2.53. The van der Waals surface area contributed by atoms with E-state index >= 15 is 0 Å². The monoisotopic (exact) mass is 338 g/mol. The van der Waals surface area contributed by atoms with Gasteiger partial charge in [-0.2, -0.15) is 0 Å². The van der Waals surface area contributed by atoms with Crippen LogP contribution in [0.3, 0.4) is 0 Å². The van der Waals surface area contributed by atoms with Gasteiger partial charge in [-0.3, -0.25) is 4.79 Å². The molecule has 0 bridgehead atoms. The maximum atomic E-state index is 9.18. The van der Waals surface area contributed by atoms with Crippen LogP contribution in [0.4, 0.5) is 0 Å². The molecule has 0 aromatic rings. The molecule has 0 rings (SSSR count). The molecule has 0 aliphatic heterocycles. The zero-order valence-corrected chi connectivity index (χ0v) is 18.3. The Labute approximate surface area is 153 Å². The summed E-state index contributed by atoms with van der Waals surface area (Å²) >= 11 is 0. The van der Waals surface area contributed by atoms with Gasteiger partial charge in [-0.15, -0.1) is 13.2 Å². The molecule has 150 valence electrons. The molecule has 23 heavy (non-hydrogen) atoms. The van der Waals surface area contributed by atoms with Crippen molar-refractivity contribution in [2.45, 2.75) is 108 Å². The molecule has 0 atom stereocenters. The predicted molar refractivity (Wildman–Crippen MR) is 115 cm³/mol. The molecule has 0 amide bonds. The minimum absolute atomic E-state index is 0. The first-order chi connectivity index (χ1) is 11.0. The summed E-state index contributed by atoms with van der Waals surface area (Å²) in [6, 6.07) is 0. The smallest absolute Gasteiger partial charge is 0.293 e. The Kier molecular flexibility index (Phi) is 114. The maximum absolute atomic E-state index is 9.18. The second kappa shape index (κ2) is 68.9. The standard InChI is InChI=1S/C7H16.C4H10.C3H6O2.C3H8.C2H6.C2H4.2H2/c1-3-5-7-6-4-2;1-4(2)3;1-2-5-3-4;1-3-2;2*1-2;;/h3-7H2,1-2H3;4H,1-3H3;3H,2H2,1H3;3H2,1-2H3;1-2H3;1-2H2;2*1H. The molecule has 2 heteroatoms. The summed E-state index contributed by atoms with van der Waals surface area (Å²) in [4.78, 5) is 9.18. The van der Waals surface area contributed by atoms with Gasteiger partial charge in [0.15, 0.2) is 0 Å². The van der Waals surface area contributed by atoms with Crippen LogP contribution in [0.1, 0.15) is 111 Å². The lowest BCUT2D eigenvalue weighted by Crippen LogP contribution is -1.80. The first kappa shape index (κ1) is 38.0. The largest absolute Gasteiger partial charge is 0.468 e. The van der Waals surface area contributed by atoms with Crippen LogP contribution in [-0.4, -0.2) is 13.1 Å². The third-order valence-corrected chi connectivity index (χ3v) is 1.44. The van der Waals surface area contributed by atoms with Crippen LogP contribution in [-0.2, 0) is 9.53 Å². The summed E-state index contributed by atoms with van der Waals surface area (Å²) in [5.74, 6) is 0.833. The van der Waals surface area contributed by atoms with Gasteiger partial charge >= 0.3 is 0 Å². The van der Waals surface area contributed by atoms with Crippen molar-refractivity contribution in [2.24, 2.45) is 5.92 Å². The normalized spacial score (nSPS) is 7.09. The SMILES string of the molecule is C=C.CC.CC(C)C.CCC.CCCCCCC.CCOC=O.[HH].[HH]. The number of ether oxygens (including phenoxy) is 1. The van der Waals surface area contributed by atoms with Crippen LogP contribution in [0.15, 0.2) is 13.2 Å². The molecule has 0 unspecified atom stereocenters. The van der Waals surface area contributed by atoms with E-state index in [-0.39, 0.29) is 2.85 Å². The Morgan fingerprint density at radius 3 is 1.22 bits per heavy atom. The molecule has 0 saturated heterocycles. The molecule has 0 aromatic heterocycles. The third-order valence-electron chi connectivity index (χ3n) is 1.44. The van der Waals surface area contributed by atoms with E-state index < -0.39 is 0 Å². The van der Waals surface area contributed by atoms with Gasteiger partial charge in [-0.05, 0) is 12.8 Å². The highest BCUT2D eigenvalue weighted by atomic mass is 16.5. The van der Waals surface area contributed by atoms with Crippen molar-refractivity contribution in [3.05, 3.63) is 13.2 Å². The van der Waals surface area contributed by atoms with E-state index in [0.29, 0.717) is 13.1 Å². The molecule has 0 heterocycles. The van der Waals surface area contributed by atoms with Crippen molar-refractivity contribution >= 4 is 6.47 Å². The molecule has 0 spiro atoms. The molecule has 0 aromatic carbocycles. The van der Waals surface area contributed by atoms with Gasteiger partial charge < -0.3 is 4.74 Å². The van der Waals surface area contributed by atoms with Gasteiger partial charge in [-0.1, -0.05) is 101 Å². The molecule has 0 saturated carbocycles. The van der Waals surface area contributed by atoms with Crippen molar-refractivity contribution in [1.82, 2.24) is 0 Å². The second-order valence-electron chi connectivity index (χ2n) is 5.05. The molecule has 0 aliphatic carbocycles. The minimum atomic E-state index is 0. The molecular weight excluding hydrogens is 284 g/mol. The third kappa shape index (κ3) is 288. The number of carbonyl (C=O) groups excluding carboxylic acids is 1. The lowest BCUT2D eigenvalue weighted by atomic mass is 10.2. The molecule has 0 aliphatic rings. The van der Waals surface area contributed by atoms with E-state index in [1.54, 1.807) is 6.92 Å². The maximum Gasteiger partial charge on any atom is 0.293 e. The number of unbranched alkanes of at least 4 members (excludes halogenated alkanes) is 4. The zero-order valence-electron chi connectivity index (χ0n) is 18.3. The van der Waals surface area contributed by atoms with E-state index in [0.717, 1.165) is 5.92 Å². The number of rotatable bonds is 6. The molecule has 0 fully saturated rings. The van der Waals surface area contributed by atoms with Crippen LogP contribution in [0.2, 0.25) is 0 Å². The van der Waals surface area contributed by atoms with Crippen LogP contribution >= 0.6 is 0 Å². The lowest BCUT2D eigenvalue weighted by molar-refractivity contribution is -0.128. The summed E-state index contributed by atoms with van der Waals surface area (Å²) in [7, 11) is 0. The highest BCUT2D eigenvalue weighted by molar-refractivity contribution is 5.36. The summed E-state index contributed by atoms with van der Waals surface area (Å²) < 4.78 is 4.15. The molecule has 0 N–H and O–H groups in total. The Bertz CT molecular complexity index is 126. The fourth-order valence-electron chi connectivity index (χ4n) is 0.745. The number of hydrogen-bond donors (Lipinski definition) is 0. The van der Waals surface area contributed by atoms with E-state index in [1.165, 1.54) is 38.5 Å². The van der Waals surface area contributed by atoms with E-state index in [9.17, 15) is 4.79 Å². The predicted octanol–water partition coefficient (Wildman–Crippen LogP) is 8.56. The first-order valence-electron chi connectivity index (χ1n) is 9.53. The van der Waals surface area contributed by atoms with Gasteiger partial charge in [0.2, 0.25) is 0 Å². The fourth-order valence-corrected chi connectivity index (χ4v) is 0.745. The molecule has 0 radical (unpaired) electrons. The Hall–Kier alpha value is -0.790. The topological polar surface area (TPSA) is 26.3 Å². The Morgan fingerprint density at radius 1 is 0.870 bits per heavy atom. The van der Waals surface area contributed by atoms with Gasteiger partial charge in [0.1, 0.15) is 0 Å². The second-order valence-corrected chi connectivity index (χ2v) is 5.05. The number of carbonyl (C=O) groups is 1. The van der Waals surface area contributed by atoms with Crippen molar-refractivity contribution in [1.29, 1.82) is 0 Å². The summed E-state index contributed by atoms with van der Waals surface area (Å²) in [5, 5.41) is 0. The van der Waals surface area contributed by atoms with Crippen molar-refractivity contribution in [3.63, 3.8) is 0 Å². The highest BCUT2D eigenvalue weighted by Crippen LogP contribution is 2.00. The minimum Gasteiger partial charge on any atom is -0.468 e. The van der Waals surface area contributed by atoms with Crippen LogP contribution in [0, 0.1) is 5.92 Å². The van der Waals surface area contributed by atoms with Gasteiger partial charge in [0.05, 0.1) is 6.61 Å². The Balaban J connectivity index is -0.0000000242. The van der Waals surface area contributed by atoms with E-state index in [2.05, 4.69) is 66.4 Å². The van der Waals surface area contributed by atoms with Crippen molar-refractivity contribution < 1.29 is 12.4 Å². The van der Waals surface area contributed by atoms with E-state index in [1.807, 2.05) is 13.8 Å². The van der Waals surface area contributed by atoms with Crippen LogP contribution in [0.25, 0.3) is 0 Å². The zero-order chi connectivity index (χ0) is 19.9. The lowest BCUT2D eigenvalue weighted by Gasteiger charge is -1.90. The van der Waals surface area contributed by atoms with Gasteiger partial charge in [0.25, 0.3) is 6.47 Å². The first-order valence-corrected chi connectivity index (χ1v) is 9.53. The van der Waals surface area contributed by atoms with Gasteiger partial charge in [-0.25, -0.2) is 0 Å². The summed E-state index contributed by atoms with van der Waals surface area (Å²) in [5.41, 5.74) is 0. The number of hydrogen-bond acceptors (Lipinski definition) is 2. The van der Waals surface area contributed by atoms with Gasteiger partial charge in [0, 0.05) is 2.85 Å². The molecular formula is C21H54O2. The van der Waals surface area contributed by atoms with E-state index in [4.69, 9.17) is 0 Å². The molecule has 2 nitrogen and oxygen atoms in total. The van der Waals surface area contributed by atoms with Crippen molar-refractivity contribution in [3.8, 4) is 0 Å². The average molecular weight is 339 g/mol. The fraction of sp³-hybridized carbons (Fsp3) is 0.857. The van der Waals surface area contributed by atoms with Crippen LogP contribution < -0.4 is 0 Å². The quantitative estimate of drug-likeness (QED) is 0.275. The highest BCUT2D eigenvalue weighted by Gasteiger charge is 1.80. The van der Waals surface area contributed by atoms with Crippen LogP contribution in [0.5, 0.6) is 0 Å².